The Kier molecular flexibility index (Phi) is 5.48. The fraction of sp³-hybridized carbons (Fsp3) is 0.647. The number of hydrogen-bond donors (Lipinski definition) is 1. The molecule has 0 spiro atoms. The topological polar surface area (TPSA) is 41.9 Å². The molecule has 1 N–H and O–H groups in total. The molecule has 0 bridgehead atoms. The highest BCUT2D eigenvalue weighted by molar-refractivity contribution is 5.42. The molecule has 1 aromatic rings. The lowest BCUT2D eigenvalue weighted by Crippen LogP contribution is -2.45. The first-order chi connectivity index (χ1) is 10.1. The van der Waals surface area contributed by atoms with Crippen LogP contribution in [0.15, 0.2) is 18.2 Å². The fourth-order valence-electron chi connectivity index (χ4n) is 3.23. The lowest BCUT2D eigenvalue weighted by molar-refractivity contribution is 0.0402. The average Bonchev–Trinajstić information content (AvgIpc) is 2.50. The Balaban J connectivity index is 2.14. The number of rotatable bonds is 5. The van der Waals surface area contributed by atoms with Crippen molar-refractivity contribution in [1.29, 1.82) is 0 Å². The molecule has 1 aliphatic rings. The summed E-state index contributed by atoms with van der Waals surface area (Å²) in [5.41, 5.74) is 0.822. The number of hydrogen-bond acceptors (Lipinski definition) is 4. The van der Waals surface area contributed by atoms with E-state index < -0.39 is 6.10 Å². The maximum Gasteiger partial charge on any atom is 0.128 e. The molecule has 1 fully saturated rings. The third-order valence-electron chi connectivity index (χ3n) is 4.56. The maximum atomic E-state index is 10.6. The molecule has 0 amide bonds. The summed E-state index contributed by atoms with van der Waals surface area (Å²) in [4.78, 5) is 2.40. The van der Waals surface area contributed by atoms with E-state index in [0.717, 1.165) is 11.3 Å². The normalized spacial score (nSPS) is 24.6. The first-order valence-electron chi connectivity index (χ1n) is 7.72. The van der Waals surface area contributed by atoms with E-state index in [-0.39, 0.29) is 0 Å². The van der Waals surface area contributed by atoms with Crippen molar-refractivity contribution >= 4 is 0 Å². The second-order valence-electron chi connectivity index (χ2n) is 5.95. The molecule has 1 aromatic carbocycles. The predicted molar refractivity (Wildman–Crippen MR) is 84.0 cm³/mol. The van der Waals surface area contributed by atoms with Crippen LogP contribution >= 0.6 is 0 Å². The summed E-state index contributed by atoms with van der Waals surface area (Å²) >= 11 is 0. The number of piperidine rings is 1. The van der Waals surface area contributed by atoms with E-state index in [2.05, 4.69) is 18.7 Å². The van der Waals surface area contributed by atoms with Gasteiger partial charge in [-0.3, -0.25) is 4.90 Å². The van der Waals surface area contributed by atoms with Crippen LogP contribution in [0.4, 0.5) is 0 Å². The highest BCUT2D eigenvalue weighted by Crippen LogP contribution is 2.32. The van der Waals surface area contributed by atoms with Gasteiger partial charge in [0.05, 0.1) is 20.3 Å². The third-order valence-corrected chi connectivity index (χ3v) is 4.56. The Morgan fingerprint density at radius 3 is 2.43 bits per heavy atom. The lowest BCUT2D eigenvalue weighted by atomic mass is 9.96. The van der Waals surface area contributed by atoms with Crippen molar-refractivity contribution in [3.05, 3.63) is 23.8 Å². The zero-order chi connectivity index (χ0) is 15.4. The van der Waals surface area contributed by atoms with Crippen molar-refractivity contribution in [2.75, 3.05) is 20.8 Å². The van der Waals surface area contributed by atoms with Crippen LogP contribution in [0.5, 0.6) is 11.5 Å². The Morgan fingerprint density at radius 2 is 1.86 bits per heavy atom. The summed E-state index contributed by atoms with van der Waals surface area (Å²) in [5.74, 6) is 1.42. The molecule has 0 radical (unpaired) electrons. The molecule has 0 saturated carbocycles. The van der Waals surface area contributed by atoms with E-state index in [1.807, 2.05) is 18.2 Å². The van der Waals surface area contributed by atoms with Gasteiger partial charge in [0.25, 0.3) is 0 Å². The van der Waals surface area contributed by atoms with Gasteiger partial charge in [-0.25, -0.2) is 0 Å². The van der Waals surface area contributed by atoms with E-state index in [1.54, 1.807) is 14.2 Å². The Morgan fingerprint density at radius 1 is 1.19 bits per heavy atom. The molecule has 3 unspecified atom stereocenters. The molecule has 0 aliphatic carbocycles. The number of aliphatic hydroxyl groups excluding tert-OH is 1. The Labute approximate surface area is 127 Å². The van der Waals surface area contributed by atoms with Crippen molar-refractivity contribution < 1.29 is 14.6 Å². The number of aliphatic hydroxyl groups is 1. The molecule has 1 aliphatic heterocycles. The second-order valence-corrected chi connectivity index (χ2v) is 5.95. The number of ether oxygens (including phenoxy) is 2. The van der Waals surface area contributed by atoms with Gasteiger partial charge >= 0.3 is 0 Å². The lowest BCUT2D eigenvalue weighted by Gasteiger charge is -2.40. The van der Waals surface area contributed by atoms with Gasteiger partial charge in [-0.15, -0.1) is 0 Å². The van der Waals surface area contributed by atoms with Crippen molar-refractivity contribution in [1.82, 2.24) is 4.90 Å². The van der Waals surface area contributed by atoms with E-state index in [4.69, 9.17) is 9.47 Å². The summed E-state index contributed by atoms with van der Waals surface area (Å²) in [5, 5.41) is 10.6. The molecule has 2 rings (SSSR count). The van der Waals surface area contributed by atoms with E-state index in [0.29, 0.717) is 24.4 Å². The van der Waals surface area contributed by atoms with Crippen LogP contribution in [0.25, 0.3) is 0 Å². The molecular weight excluding hydrogens is 266 g/mol. The summed E-state index contributed by atoms with van der Waals surface area (Å²) < 4.78 is 10.6. The van der Waals surface area contributed by atoms with Crippen molar-refractivity contribution in [3.63, 3.8) is 0 Å². The standard InChI is InChI=1S/C17H27NO3/c1-12-6-5-7-13(2)18(12)11-16(19)15-9-8-14(20-3)10-17(15)21-4/h8-10,12-13,16,19H,5-7,11H2,1-4H3. The molecule has 21 heavy (non-hydrogen) atoms. The maximum absolute atomic E-state index is 10.6. The summed E-state index contributed by atoms with van der Waals surface area (Å²) in [6.07, 6.45) is 3.14. The Bertz CT molecular complexity index is 453. The summed E-state index contributed by atoms with van der Waals surface area (Å²) in [6, 6.07) is 6.62. The number of nitrogens with zero attached hydrogens (tertiary/aromatic N) is 1. The van der Waals surface area contributed by atoms with Crippen LogP contribution in [-0.4, -0.2) is 42.9 Å². The largest absolute Gasteiger partial charge is 0.497 e. The SMILES string of the molecule is COc1ccc(C(O)CN2C(C)CCCC2C)c(OC)c1. The van der Waals surface area contributed by atoms with Crippen molar-refractivity contribution in [3.8, 4) is 11.5 Å². The van der Waals surface area contributed by atoms with Crippen molar-refractivity contribution in [2.45, 2.75) is 51.3 Å². The monoisotopic (exact) mass is 293 g/mol. The fourth-order valence-corrected chi connectivity index (χ4v) is 3.23. The van der Waals surface area contributed by atoms with E-state index >= 15 is 0 Å². The highest BCUT2D eigenvalue weighted by Gasteiger charge is 2.27. The van der Waals surface area contributed by atoms with Gasteiger partial charge in [-0.05, 0) is 38.8 Å². The summed E-state index contributed by atoms with van der Waals surface area (Å²) in [7, 11) is 3.25. The molecule has 4 nitrogen and oxygen atoms in total. The second kappa shape index (κ2) is 7.14. The minimum absolute atomic E-state index is 0.521. The Hall–Kier alpha value is -1.26. The van der Waals surface area contributed by atoms with Gasteiger partial charge in [0.1, 0.15) is 11.5 Å². The van der Waals surface area contributed by atoms with Crippen LogP contribution in [0.1, 0.15) is 44.8 Å². The molecule has 4 heteroatoms. The summed E-state index contributed by atoms with van der Waals surface area (Å²) in [6.45, 7) is 5.13. The molecule has 1 heterocycles. The number of β-amino-alcohol motifs (C(OH)–C–C–N with tert-alkyl or cyclic N) is 1. The number of likely N-dealkylation sites (tertiary alicyclic amines) is 1. The van der Waals surface area contributed by atoms with Crippen molar-refractivity contribution in [2.24, 2.45) is 0 Å². The van der Waals surface area contributed by atoms with Crippen LogP contribution < -0.4 is 9.47 Å². The van der Waals surface area contributed by atoms with E-state index in [1.165, 1.54) is 19.3 Å². The number of benzene rings is 1. The van der Waals surface area contributed by atoms with Gasteiger partial charge in [0.15, 0.2) is 0 Å². The van der Waals surface area contributed by atoms with Crippen LogP contribution in [0.3, 0.4) is 0 Å². The minimum Gasteiger partial charge on any atom is -0.497 e. The number of methoxy groups -OCH3 is 2. The molecule has 1 saturated heterocycles. The predicted octanol–water partition coefficient (Wildman–Crippen LogP) is 3.00. The van der Waals surface area contributed by atoms with Crippen LogP contribution in [0, 0.1) is 0 Å². The van der Waals surface area contributed by atoms with Gasteiger partial charge in [-0.1, -0.05) is 6.42 Å². The molecule has 118 valence electrons. The first-order valence-corrected chi connectivity index (χ1v) is 7.72. The van der Waals surface area contributed by atoms with Gasteiger partial charge in [0, 0.05) is 30.3 Å². The third kappa shape index (κ3) is 3.69. The van der Waals surface area contributed by atoms with Gasteiger partial charge in [0.2, 0.25) is 0 Å². The first kappa shape index (κ1) is 16.1. The zero-order valence-electron chi connectivity index (χ0n) is 13.5. The van der Waals surface area contributed by atoms with Crippen LogP contribution in [-0.2, 0) is 0 Å². The average molecular weight is 293 g/mol. The minimum atomic E-state index is -0.547. The highest BCUT2D eigenvalue weighted by atomic mass is 16.5. The van der Waals surface area contributed by atoms with Crippen LogP contribution in [0.2, 0.25) is 0 Å². The molecule has 0 aromatic heterocycles. The molecule has 3 atom stereocenters. The quantitative estimate of drug-likeness (QED) is 0.906. The van der Waals surface area contributed by atoms with E-state index in [9.17, 15) is 5.11 Å². The smallest absolute Gasteiger partial charge is 0.128 e. The zero-order valence-corrected chi connectivity index (χ0v) is 13.5. The van der Waals surface area contributed by atoms with Gasteiger partial charge in [-0.2, -0.15) is 0 Å². The molecular formula is C17H27NO3. The van der Waals surface area contributed by atoms with Gasteiger partial charge < -0.3 is 14.6 Å².